The fraction of sp³-hybridized carbons (Fsp3) is 0.857. The van der Waals surface area contributed by atoms with Crippen molar-refractivity contribution in [1.82, 2.24) is 4.90 Å². The SMILES string of the molecule is C=C(C)C1(OC(=O)N2CCCCC2)CC2CC1C1C3CCC(C3)C21. The Kier molecular flexibility index (Phi) is 3.34. The molecule has 1 saturated heterocycles. The summed E-state index contributed by atoms with van der Waals surface area (Å²) in [5.74, 6) is 4.97. The van der Waals surface area contributed by atoms with Gasteiger partial charge in [-0.1, -0.05) is 6.58 Å². The van der Waals surface area contributed by atoms with E-state index < -0.39 is 0 Å². The second kappa shape index (κ2) is 5.25. The van der Waals surface area contributed by atoms with Gasteiger partial charge in [0.2, 0.25) is 0 Å². The van der Waals surface area contributed by atoms with Crippen LogP contribution in [0, 0.1) is 35.5 Å². The summed E-state index contributed by atoms with van der Waals surface area (Å²) in [5, 5.41) is 0. The Balaban J connectivity index is 1.40. The Morgan fingerprint density at radius 3 is 2.46 bits per heavy atom. The highest BCUT2D eigenvalue weighted by Crippen LogP contribution is 2.71. The summed E-state index contributed by atoms with van der Waals surface area (Å²) in [6.07, 6.45) is 10.1. The number of piperidine rings is 1. The summed E-state index contributed by atoms with van der Waals surface area (Å²) < 4.78 is 6.34. The number of nitrogens with zero attached hydrogens (tertiary/aromatic N) is 1. The first-order valence-corrected chi connectivity index (χ1v) is 10.2. The number of ether oxygens (including phenoxy) is 1. The standard InChI is InChI=1S/C21H31NO2/c1-13(2)21(24-20(23)22-8-4-3-5-9-22)12-16-11-17(21)19-15-7-6-14(10-15)18(16)19/h14-19H,1,3-12H2,2H3. The van der Waals surface area contributed by atoms with Crippen molar-refractivity contribution in [2.45, 2.75) is 63.9 Å². The zero-order valence-corrected chi connectivity index (χ0v) is 15.0. The van der Waals surface area contributed by atoms with E-state index in [9.17, 15) is 4.79 Å². The van der Waals surface area contributed by atoms with E-state index in [-0.39, 0.29) is 11.7 Å². The normalized spacial score (nSPS) is 48.6. The third kappa shape index (κ3) is 1.93. The number of amides is 1. The van der Waals surface area contributed by atoms with Crippen LogP contribution in [0.25, 0.3) is 0 Å². The van der Waals surface area contributed by atoms with Gasteiger partial charge in [-0.15, -0.1) is 0 Å². The number of rotatable bonds is 2. The topological polar surface area (TPSA) is 29.5 Å². The Morgan fingerprint density at radius 1 is 1.04 bits per heavy atom. The van der Waals surface area contributed by atoms with Crippen LogP contribution >= 0.6 is 0 Å². The molecule has 0 aromatic rings. The number of hydrogen-bond donors (Lipinski definition) is 0. The number of carbonyl (C=O) groups is 1. The maximum atomic E-state index is 12.9. The Labute approximate surface area is 145 Å². The average Bonchev–Trinajstić information content (AvgIpc) is 3.34. The lowest BCUT2D eigenvalue weighted by molar-refractivity contribution is -0.0600. The summed E-state index contributed by atoms with van der Waals surface area (Å²) in [6, 6.07) is 0. The monoisotopic (exact) mass is 329 g/mol. The molecule has 7 unspecified atom stereocenters. The van der Waals surface area contributed by atoms with Crippen molar-refractivity contribution >= 4 is 6.09 Å². The van der Waals surface area contributed by atoms with E-state index in [0.717, 1.165) is 67.5 Å². The van der Waals surface area contributed by atoms with Gasteiger partial charge in [-0.25, -0.2) is 4.79 Å². The van der Waals surface area contributed by atoms with Crippen LogP contribution in [0.1, 0.15) is 58.3 Å². The molecule has 5 fully saturated rings. The molecule has 0 N–H and O–H groups in total. The van der Waals surface area contributed by atoms with Gasteiger partial charge < -0.3 is 9.64 Å². The molecule has 1 aliphatic heterocycles. The molecule has 0 radical (unpaired) electrons. The van der Waals surface area contributed by atoms with Gasteiger partial charge in [0.25, 0.3) is 0 Å². The molecule has 4 bridgehead atoms. The van der Waals surface area contributed by atoms with Crippen LogP contribution in [0.3, 0.4) is 0 Å². The van der Waals surface area contributed by atoms with Crippen molar-refractivity contribution in [3.8, 4) is 0 Å². The molecule has 3 nitrogen and oxygen atoms in total. The van der Waals surface area contributed by atoms with E-state index in [2.05, 4.69) is 13.5 Å². The van der Waals surface area contributed by atoms with E-state index in [4.69, 9.17) is 4.74 Å². The van der Waals surface area contributed by atoms with E-state index >= 15 is 0 Å². The lowest BCUT2D eigenvalue weighted by Gasteiger charge is -2.47. The molecule has 0 spiro atoms. The zero-order valence-electron chi connectivity index (χ0n) is 15.0. The minimum absolute atomic E-state index is 0.0649. The summed E-state index contributed by atoms with van der Waals surface area (Å²) >= 11 is 0. The molecule has 0 aromatic heterocycles. The van der Waals surface area contributed by atoms with Crippen molar-refractivity contribution in [1.29, 1.82) is 0 Å². The van der Waals surface area contributed by atoms with Crippen molar-refractivity contribution in [3.05, 3.63) is 12.2 Å². The van der Waals surface area contributed by atoms with Gasteiger partial charge in [-0.3, -0.25) is 0 Å². The van der Waals surface area contributed by atoms with Crippen LogP contribution in [0.2, 0.25) is 0 Å². The van der Waals surface area contributed by atoms with Crippen molar-refractivity contribution in [2.24, 2.45) is 35.5 Å². The van der Waals surface area contributed by atoms with E-state index in [1.165, 1.54) is 32.1 Å². The van der Waals surface area contributed by atoms with Crippen LogP contribution in [-0.2, 0) is 4.74 Å². The van der Waals surface area contributed by atoms with Gasteiger partial charge in [-0.2, -0.15) is 0 Å². The van der Waals surface area contributed by atoms with Gasteiger partial charge in [0.05, 0.1) is 0 Å². The molecule has 7 atom stereocenters. The molecule has 0 aromatic carbocycles. The van der Waals surface area contributed by atoms with Crippen molar-refractivity contribution < 1.29 is 9.53 Å². The van der Waals surface area contributed by atoms with E-state index in [1.807, 2.05) is 4.90 Å². The second-order valence-corrected chi connectivity index (χ2v) is 9.38. The first-order valence-electron chi connectivity index (χ1n) is 10.2. The number of carbonyl (C=O) groups excluding carboxylic acids is 1. The van der Waals surface area contributed by atoms with Crippen LogP contribution in [0.15, 0.2) is 12.2 Å². The minimum Gasteiger partial charge on any atom is -0.438 e. The third-order valence-electron chi connectivity index (χ3n) is 8.38. The van der Waals surface area contributed by atoms with Crippen LogP contribution in [0.4, 0.5) is 4.79 Å². The predicted octanol–water partition coefficient (Wildman–Crippen LogP) is 4.63. The van der Waals surface area contributed by atoms with E-state index in [1.54, 1.807) is 0 Å². The van der Waals surface area contributed by atoms with Gasteiger partial charge in [0, 0.05) is 19.0 Å². The van der Waals surface area contributed by atoms with Crippen LogP contribution in [-0.4, -0.2) is 29.7 Å². The first-order chi connectivity index (χ1) is 11.6. The lowest BCUT2D eigenvalue weighted by atomic mass is 9.64. The molecular formula is C21H31NO2. The maximum Gasteiger partial charge on any atom is 0.410 e. The summed E-state index contributed by atoms with van der Waals surface area (Å²) in [5.41, 5.74) is 0.742. The third-order valence-corrected chi connectivity index (χ3v) is 8.38. The highest BCUT2D eigenvalue weighted by molar-refractivity contribution is 5.69. The fourth-order valence-corrected chi connectivity index (χ4v) is 7.57. The smallest absolute Gasteiger partial charge is 0.410 e. The van der Waals surface area contributed by atoms with Gasteiger partial charge in [0.1, 0.15) is 5.60 Å². The van der Waals surface area contributed by atoms with Gasteiger partial charge >= 0.3 is 6.09 Å². The molecule has 1 amide bonds. The number of likely N-dealkylation sites (tertiary alicyclic amines) is 1. The molecular weight excluding hydrogens is 298 g/mol. The quantitative estimate of drug-likeness (QED) is 0.546. The predicted molar refractivity (Wildman–Crippen MR) is 93.5 cm³/mol. The molecule has 4 aliphatic carbocycles. The average molecular weight is 329 g/mol. The van der Waals surface area contributed by atoms with Crippen LogP contribution < -0.4 is 0 Å². The molecule has 3 heteroatoms. The fourth-order valence-electron chi connectivity index (χ4n) is 7.57. The molecule has 5 aliphatic rings. The second-order valence-electron chi connectivity index (χ2n) is 9.38. The summed E-state index contributed by atoms with van der Waals surface area (Å²) in [4.78, 5) is 14.8. The molecule has 4 saturated carbocycles. The Hall–Kier alpha value is -0.990. The van der Waals surface area contributed by atoms with Gasteiger partial charge in [0.15, 0.2) is 0 Å². The summed E-state index contributed by atoms with van der Waals surface area (Å²) in [6.45, 7) is 8.15. The maximum absolute atomic E-state index is 12.9. The summed E-state index contributed by atoms with van der Waals surface area (Å²) in [7, 11) is 0. The number of fused-ring (bicyclic) bond motifs is 9. The van der Waals surface area contributed by atoms with Crippen LogP contribution in [0.5, 0.6) is 0 Å². The molecule has 24 heavy (non-hydrogen) atoms. The Bertz CT molecular complexity index is 566. The highest BCUT2D eigenvalue weighted by atomic mass is 16.6. The Morgan fingerprint density at radius 2 is 1.75 bits per heavy atom. The minimum atomic E-state index is -0.356. The van der Waals surface area contributed by atoms with Gasteiger partial charge in [-0.05, 0) is 93.5 Å². The highest BCUT2D eigenvalue weighted by Gasteiger charge is 2.68. The number of hydrogen-bond acceptors (Lipinski definition) is 2. The molecule has 1 heterocycles. The first kappa shape index (κ1) is 15.3. The lowest BCUT2D eigenvalue weighted by Crippen LogP contribution is -2.51. The van der Waals surface area contributed by atoms with Crippen molar-refractivity contribution in [3.63, 3.8) is 0 Å². The molecule has 5 rings (SSSR count). The zero-order chi connectivity index (χ0) is 16.5. The molecule has 132 valence electrons. The van der Waals surface area contributed by atoms with Crippen molar-refractivity contribution in [2.75, 3.05) is 13.1 Å². The van der Waals surface area contributed by atoms with E-state index in [0.29, 0.717) is 5.92 Å². The largest absolute Gasteiger partial charge is 0.438 e.